The predicted octanol–water partition coefficient (Wildman–Crippen LogP) is 6.37. The topological polar surface area (TPSA) is 93.3 Å². The van der Waals surface area contributed by atoms with Gasteiger partial charge in [0.1, 0.15) is 4.90 Å². The Balaban J connectivity index is 1.15. The molecule has 0 aliphatic carbocycles. The molecule has 0 aromatic heterocycles. The molecule has 2 aliphatic rings. The van der Waals surface area contributed by atoms with Crippen LogP contribution in [-0.2, 0) is 10.0 Å². The van der Waals surface area contributed by atoms with Crippen molar-refractivity contribution in [2.24, 2.45) is 0 Å². The summed E-state index contributed by atoms with van der Waals surface area (Å²) >= 11 is 19.1. The monoisotopic (exact) mass is 711 g/mol. The zero-order valence-corrected chi connectivity index (χ0v) is 28.4. The van der Waals surface area contributed by atoms with E-state index in [9.17, 15) is 18.0 Å². The van der Waals surface area contributed by atoms with E-state index >= 15 is 0 Å². The number of anilines is 3. The molecule has 4 aromatic carbocycles. The molecule has 9 nitrogen and oxygen atoms in total. The van der Waals surface area contributed by atoms with E-state index in [0.717, 1.165) is 11.4 Å². The number of rotatable bonds is 7. The van der Waals surface area contributed by atoms with Crippen molar-refractivity contribution in [3.8, 4) is 0 Å². The molecular formula is C34H32Cl3N5O4S. The molecule has 0 spiro atoms. The lowest BCUT2D eigenvalue weighted by atomic mass is 10.1. The highest BCUT2D eigenvalue weighted by molar-refractivity contribution is 7.92. The standard InChI is InChI=1S/C34H32Cl3N5O4S/c35-26-8-2-5-11-30(26)39-15-19-41(20-16-39)33(43)24-13-14-28(37)32(23-24)47(45,46)38-29-10-4-1-7-25(29)34(44)42-21-17-40(18-22-42)31-12-6-3-9-27(31)36/h1-14,23,38H,15-22H2. The average molecular weight is 713 g/mol. The lowest BCUT2D eigenvalue weighted by Crippen LogP contribution is -2.49. The molecule has 0 radical (unpaired) electrons. The molecule has 0 unspecified atom stereocenters. The molecule has 2 heterocycles. The van der Waals surface area contributed by atoms with Gasteiger partial charge in [-0.15, -0.1) is 0 Å². The number of carbonyl (C=O) groups is 2. The predicted molar refractivity (Wildman–Crippen MR) is 188 cm³/mol. The third kappa shape index (κ3) is 7.16. The van der Waals surface area contributed by atoms with E-state index in [2.05, 4.69) is 14.5 Å². The highest BCUT2D eigenvalue weighted by atomic mass is 35.5. The second kappa shape index (κ2) is 14.0. The van der Waals surface area contributed by atoms with E-state index in [1.165, 1.54) is 24.3 Å². The Labute approximate surface area is 289 Å². The second-order valence-electron chi connectivity index (χ2n) is 11.3. The van der Waals surface area contributed by atoms with E-state index in [-0.39, 0.29) is 38.5 Å². The van der Waals surface area contributed by atoms with Crippen LogP contribution in [0.15, 0.2) is 95.9 Å². The molecule has 2 fully saturated rings. The Morgan fingerprint density at radius 2 is 1.06 bits per heavy atom. The van der Waals surface area contributed by atoms with E-state index in [0.29, 0.717) is 62.4 Å². The van der Waals surface area contributed by atoms with Crippen LogP contribution in [-0.4, -0.2) is 82.4 Å². The van der Waals surface area contributed by atoms with Gasteiger partial charge in [-0.05, 0) is 54.6 Å². The number of para-hydroxylation sites is 3. The van der Waals surface area contributed by atoms with Gasteiger partial charge in [-0.2, -0.15) is 0 Å². The first-order chi connectivity index (χ1) is 22.6. The molecule has 244 valence electrons. The summed E-state index contributed by atoms with van der Waals surface area (Å²) in [7, 11) is -4.29. The van der Waals surface area contributed by atoms with Crippen LogP contribution in [0.4, 0.5) is 17.1 Å². The fourth-order valence-corrected chi connectivity index (χ4v) is 7.99. The number of nitrogens with zero attached hydrogens (tertiary/aromatic N) is 4. The number of benzene rings is 4. The van der Waals surface area contributed by atoms with Crippen molar-refractivity contribution in [3.05, 3.63) is 117 Å². The molecule has 4 aromatic rings. The molecule has 47 heavy (non-hydrogen) atoms. The van der Waals surface area contributed by atoms with Gasteiger partial charge in [0.25, 0.3) is 21.8 Å². The quantitative estimate of drug-likeness (QED) is 0.240. The van der Waals surface area contributed by atoms with E-state index in [1.54, 1.807) is 28.0 Å². The van der Waals surface area contributed by atoms with Crippen molar-refractivity contribution in [2.75, 3.05) is 66.9 Å². The SMILES string of the molecule is O=C(c1ccc(Cl)c(S(=O)(=O)Nc2ccccc2C(=O)N2CCN(c3ccccc3Cl)CC2)c1)N1CCN(c2ccccc2Cl)CC1. The summed E-state index contributed by atoms with van der Waals surface area (Å²) in [6.07, 6.45) is 0. The lowest BCUT2D eigenvalue weighted by Gasteiger charge is -2.36. The fourth-order valence-electron chi connectivity index (χ4n) is 5.87. The first-order valence-electron chi connectivity index (χ1n) is 15.1. The number of amides is 2. The molecule has 6 rings (SSSR count). The summed E-state index contributed by atoms with van der Waals surface area (Å²) in [5.41, 5.74) is 2.34. The Morgan fingerprint density at radius 3 is 1.62 bits per heavy atom. The first kappa shape index (κ1) is 33.0. The summed E-state index contributed by atoms with van der Waals surface area (Å²) in [5, 5.41) is 1.25. The minimum absolute atomic E-state index is 0.0444. The molecule has 13 heteroatoms. The summed E-state index contributed by atoms with van der Waals surface area (Å²) in [6.45, 7) is 4.07. The molecule has 0 saturated carbocycles. The van der Waals surface area contributed by atoms with E-state index in [1.807, 2.05) is 48.5 Å². The van der Waals surface area contributed by atoms with Gasteiger partial charge < -0.3 is 19.6 Å². The maximum Gasteiger partial charge on any atom is 0.263 e. The third-order valence-electron chi connectivity index (χ3n) is 8.39. The molecular weight excluding hydrogens is 681 g/mol. The number of halogens is 3. The van der Waals surface area contributed by atoms with Crippen LogP contribution in [0, 0.1) is 0 Å². The normalized spacial score (nSPS) is 15.5. The summed E-state index contributed by atoms with van der Waals surface area (Å²) in [6, 6.07) is 25.8. The minimum Gasteiger partial charge on any atom is -0.367 e. The van der Waals surface area contributed by atoms with Gasteiger partial charge in [0.15, 0.2) is 0 Å². The molecule has 2 aliphatic heterocycles. The number of piperazine rings is 2. The first-order valence-corrected chi connectivity index (χ1v) is 17.7. The molecule has 2 amide bonds. The molecule has 0 atom stereocenters. The van der Waals surface area contributed by atoms with Gasteiger partial charge in [-0.25, -0.2) is 8.42 Å². The maximum atomic E-state index is 13.7. The van der Waals surface area contributed by atoms with Crippen LogP contribution >= 0.6 is 34.8 Å². The van der Waals surface area contributed by atoms with Gasteiger partial charge in [-0.3, -0.25) is 14.3 Å². The van der Waals surface area contributed by atoms with Gasteiger partial charge in [0, 0.05) is 57.9 Å². The Kier molecular flexibility index (Phi) is 9.84. The number of carbonyl (C=O) groups excluding carboxylic acids is 2. The largest absolute Gasteiger partial charge is 0.367 e. The highest BCUT2D eigenvalue weighted by Gasteiger charge is 2.29. The smallest absolute Gasteiger partial charge is 0.263 e. The van der Waals surface area contributed by atoms with Crippen LogP contribution in [0.25, 0.3) is 0 Å². The van der Waals surface area contributed by atoms with Gasteiger partial charge in [0.05, 0.1) is 37.7 Å². The Hall–Kier alpha value is -3.96. The third-order valence-corrected chi connectivity index (χ3v) is 10.9. The van der Waals surface area contributed by atoms with Crippen LogP contribution < -0.4 is 14.5 Å². The highest BCUT2D eigenvalue weighted by Crippen LogP contribution is 2.30. The minimum atomic E-state index is -4.29. The zero-order chi connectivity index (χ0) is 33.1. The maximum absolute atomic E-state index is 13.7. The molecule has 2 saturated heterocycles. The number of hydrogen-bond donors (Lipinski definition) is 1. The van der Waals surface area contributed by atoms with Crippen molar-refractivity contribution in [1.82, 2.24) is 9.80 Å². The van der Waals surface area contributed by atoms with Crippen molar-refractivity contribution >= 4 is 73.7 Å². The summed E-state index contributed by atoms with van der Waals surface area (Å²) < 4.78 is 30.0. The summed E-state index contributed by atoms with van der Waals surface area (Å²) in [5.74, 6) is -0.600. The van der Waals surface area contributed by atoms with Crippen molar-refractivity contribution in [3.63, 3.8) is 0 Å². The Bertz CT molecular complexity index is 1910. The second-order valence-corrected chi connectivity index (χ2v) is 14.1. The van der Waals surface area contributed by atoms with E-state index < -0.39 is 10.0 Å². The number of sulfonamides is 1. The van der Waals surface area contributed by atoms with Crippen LogP contribution in [0.1, 0.15) is 20.7 Å². The van der Waals surface area contributed by atoms with Crippen molar-refractivity contribution in [2.45, 2.75) is 4.90 Å². The van der Waals surface area contributed by atoms with Gasteiger partial charge >= 0.3 is 0 Å². The van der Waals surface area contributed by atoms with E-state index in [4.69, 9.17) is 34.8 Å². The number of hydrogen-bond acceptors (Lipinski definition) is 6. The number of nitrogens with one attached hydrogen (secondary N) is 1. The van der Waals surface area contributed by atoms with Gasteiger partial charge in [-0.1, -0.05) is 71.2 Å². The fraction of sp³-hybridized carbons (Fsp3) is 0.235. The van der Waals surface area contributed by atoms with Crippen LogP contribution in [0.5, 0.6) is 0 Å². The average Bonchev–Trinajstić information content (AvgIpc) is 3.08. The Morgan fingerprint density at radius 1 is 0.574 bits per heavy atom. The summed E-state index contributed by atoms with van der Waals surface area (Å²) in [4.78, 5) is 34.5. The molecule has 0 bridgehead atoms. The zero-order valence-electron chi connectivity index (χ0n) is 25.3. The van der Waals surface area contributed by atoms with Crippen molar-refractivity contribution < 1.29 is 18.0 Å². The van der Waals surface area contributed by atoms with Gasteiger partial charge in [0.2, 0.25) is 0 Å². The lowest BCUT2D eigenvalue weighted by molar-refractivity contribution is 0.0739. The molecule has 1 N–H and O–H groups in total. The van der Waals surface area contributed by atoms with Crippen LogP contribution in [0.2, 0.25) is 15.1 Å². The van der Waals surface area contributed by atoms with Crippen LogP contribution in [0.3, 0.4) is 0 Å². The van der Waals surface area contributed by atoms with Crippen molar-refractivity contribution in [1.29, 1.82) is 0 Å².